The van der Waals surface area contributed by atoms with Crippen molar-refractivity contribution in [3.8, 4) is 0 Å². The van der Waals surface area contributed by atoms with Gasteiger partial charge in [0.2, 0.25) is 5.91 Å². The Morgan fingerprint density at radius 2 is 1.80 bits per heavy atom. The summed E-state index contributed by atoms with van der Waals surface area (Å²) in [6.45, 7) is 4.21. The summed E-state index contributed by atoms with van der Waals surface area (Å²) in [5.74, 6) is -0.924. The van der Waals surface area contributed by atoms with Gasteiger partial charge in [-0.25, -0.2) is 4.79 Å². The highest BCUT2D eigenvalue weighted by Crippen LogP contribution is 2.07. The van der Waals surface area contributed by atoms with Gasteiger partial charge in [-0.2, -0.15) is 0 Å². The monoisotopic (exact) mass is 284 g/mol. The number of piperazine rings is 2. The van der Waals surface area contributed by atoms with Crippen molar-refractivity contribution in [3.05, 3.63) is 0 Å². The molecule has 2 aliphatic heterocycles. The number of carbonyl (C=O) groups is 3. The lowest BCUT2D eigenvalue weighted by Gasteiger charge is -2.38. The molecule has 0 radical (unpaired) electrons. The van der Waals surface area contributed by atoms with Crippen LogP contribution in [0.25, 0.3) is 0 Å². The molecular formula is C12H20N4O4. The second kappa shape index (κ2) is 6.56. The molecule has 2 heterocycles. The van der Waals surface area contributed by atoms with E-state index in [4.69, 9.17) is 5.11 Å². The largest absolute Gasteiger partial charge is 0.481 e. The fourth-order valence-corrected chi connectivity index (χ4v) is 2.42. The number of rotatable bonds is 3. The molecule has 2 fully saturated rings. The van der Waals surface area contributed by atoms with Gasteiger partial charge >= 0.3 is 12.0 Å². The molecule has 0 unspecified atom stereocenters. The Morgan fingerprint density at radius 3 is 2.40 bits per heavy atom. The molecule has 2 rings (SSSR count). The van der Waals surface area contributed by atoms with E-state index in [9.17, 15) is 14.4 Å². The highest BCUT2D eigenvalue weighted by atomic mass is 16.4. The minimum Gasteiger partial charge on any atom is -0.481 e. The zero-order valence-corrected chi connectivity index (χ0v) is 11.4. The van der Waals surface area contributed by atoms with Crippen molar-refractivity contribution in [1.29, 1.82) is 0 Å². The van der Waals surface area contributed by atoms with Crippen LogP contribution in [-0.2, 0) is 9.59 Å². The molecule has 2 N–H and O–H groups in total. The predicted octanol–water partition coefficient (Wildman–Crippen LogP) is -1.37. The highest BCUT2D eigenvalue weighted by Gasteiger charge is 2.28. The number of carboxylic acids is 1. The van der Waals surface area contributed by atoms with Crippen molar-refractivity contribution < 1.29 is 19.5 Å². The van der Waals surface area contributed by atoms with Gasteiger partial charge < -0.3 is 20.2 Å². The lowest BCUT2D eigenvalue weighted by atomic mass is 10.3. The number of hydrogen-bond donors (Lipinski definition) is 2. The summed E-state index contributed by atoms with van der Waals surface area (Å²) < 4.78 is 0. The summed E-state index contributed by atoms with van der Waals surface area (Å²) in [6.07, 6.45) is 0.125. The fourth-order valence-electron chi connectivity index (χ4n) is 2.42. The van der Waals surface area contributed by atoms with Crippen LogP contribution in [0.3, 0.4) is 0 Å². The third-order valence-electron chi connectivity index (χ3n) is 3.59. The van der Waals surface area contributed by atoms with Crippen molar-refractivity contribution in [2.45, 2.75) is 6.42 Å². The van der Waals surface area contributed by atoms with Crippen LogP contribution in [0.15, 0.2) is 0 Å². The zero-order chi connectivity index (χ0) is 14.5. The predicted molar refractivity (Wildman–Crippen MR) is 70.2 cm³/mol. The Labute approximate surface area is 117 Å². The van der Waals surface area contributed by atoms with Gasteiger partial charge in [-0.15, -0.1) is 0 Å². The lowest BCUT2D eigenvalue weighted by molar-refractivity contribution is -0.137. The maximum absolute atomic E-state index is 12.2. The van der Waals surface area contributed by atoms with Gasteiger partial charge in [0.1, 0.15) is 6.54 Å². The first-order valence-electron chi connectivity index (χ1n) is 6.81. The average Bonchev–Trinajstić information content (AvgIpc) is 2.45. The lowest BCUT2D eigenvalue weighted by Crippen LogP contribution is -2.57. The number of nitrogens with one attached hydrogen (secondary N) is 1. The van der Waals surface area contributed by atoms with Gasteiger partial charge in [-0.3, -0.25) is 14.5 Å². The molecule has 2 aliphatic rings. The first-order valence-corrected chi connectivity index (χ1v) is 6.81. The number of amides is 3. The van der Waals surface area contributed by atoms with Crippen LogP contribution < -0.4 is 5.32 Å². The molecule has 0 aromatic carbocycles. The average molecular weight is 284 g/mol. The second-order valence-corrected chi connectivity index (χ2v) is 5.03. The molecule has 3 amide bonds. The first kappa shape index (κ1) is 14.6. The van der Waals surface area contributed by atoms with Gasteiger partial charge in [0, 0.05) is 45.8 Å². The standard InChI is InChI=1S/C12H20N4O4/c17-10-9-16(4-2-13-10)12(20)15-7-5-14(6-8-15)3-1-11(18)19/h1-9H2,(H,13,17)(H,18,19). The smallest absolute Gasteiger partial charge is 0.320 e. The minimum absolute atomic E-state index is 0.0993. The van der Waals surface area contributed by atoms with E-state index in [1.165, 1.54) is 0 Å². The van der Waals surface area contributed by atoms with Crippen LogP contribution in [0.2, 0.25) is 0 Å². The highest BCUT2D eigenvalue weighted by molar-refractivity contribution is 5.85. The van der Waals surface area contributed by atoms with Gasteiger partial charge in [0.15, 0.2) is 0 Å². The summed E-state index contributed by atoms with van der Waals surface area (Å²) in [5.41, 5.74) is 0. The Kier molecular flexibility index (Phi) is 4.78. The zero-order valence-electron chi connectivity index (χ0n) is 11.4. The molecule has 0 aromatic rings. The maximum atomic E-state index is 12.2. The number of hydrogen-bond acceptors (Lipinski definition) is 4. The summed E-state index contributed by atoms with van der Waals surface area (Å²) in [6, 6.07) is -0.0993. The van der Waals surface area contributed by atoms with E-state index in [0.717, 1.165) is 0 Å². The van der Waals surface area contributed by atoms with E-state index in [0.29, 0.717) is 45.8 Å². The van der Waals surface area contributed by atoms with Crippen LogP contribution in [0.4, 0.5) is 4.79 Å². The maximum Gasteiger partial charge on any atom is 0.320 e. The van der Waals surface area contributed by atoms with Gasteiger partial charge in [-0.1, -0.05) is 0 Å². The van der Waals surface area contributed by atoms with Crippen LogP contribution in [0.5, 0.6) is 0 Å². The van der Waals surface area contributed by atoms with Crippen LogP contribution in [0, 0.1) is 0 Å². The van der Waals surface area contributed by atoms with Gasteiger partial charge in [0.25, 0.3) is 0 Å². The SMILES string of the molecule is O=C(O)CCN1CCN(C(=O)N2CCNC(=O)C2)CC1. The van der Waals surface area contributed by atoms with Crippen LogP contribution in [-0.4, -0.2) is 90.1 Å². The molecule has 2 saturated heterocycles. The van der Waals surface area contributed by atoms with Crippen molar-refractivity contribution in [3.63, 3.8) is 0 Å². The number of urea groups is 1. The van der Waals surface area contributed by atoms with E-state index in [-0.39, 0.29) is 24.9 Å². The fraction of sp³-hybridized carbons (Fsp3) is 0.750. The van der Waals surface area contributed by atoms with E-state index >= 15 is 0 Å². The van der Waals surface area contributed by atoms with E-state index in [1.54, 1.807) is 9.80 Å². The van der Waals surface area contributed by atoms with Gasteiger partial charge in [0.05, 0.1) is 6.42 Å². The third kappa shape index (κ3) is 3.83. The molecular weight excluding hydrogens is 264 g/mol. The molecule has 0 bridgehead atoms. The molecule has 0 spiro atoms. The Balaban J connectivity index is 1.76. The van der Waals surface area contributed by atoms with E-state index in [1.807, 2.05) is 4.90 Å². The normalized spacial score (nSPS) is 20.7. The van der Waals surface area contributed by atoms with Crippen LogP contribution in [0.1, 0.15) is 6.42 Å². The molecule has 0 atom stereocenters. The van der Waals surface area contributed by atoms with Crippen LogP contribution >= 0.6 is 0 Å². The Bertz CT molecular complexity index is 393. The molecule has 0 aromatic heterocycles. The Hall–Kier alpha value is -1.83. The summed E-state index contributed by atoms with van der Waals surface area (Å²) >= 11 is 0. The summed E-state index contributed by atoms with van der Waals surface area (Å²) in [5, 5.41) is 11.3. The molecule has 8 nitrogen and oxygen atoms in total. The van der Waals surface area contributed by atoms with Gasteiger partial charge in [-0.05, 0) is 0 Å². The van der Waals surface area contributed by atoms with E-state index in [2.05, 4.69) is 5.32 Å². The van der Waals surface area contributed by atoms with Crippen molar-refractivity contribution in [2.24, 2.45) is 0 Å². The van der Waals surface area contributed by atoms with Crippen molar-refractivity contribution in [2.75, 3.05) is 52.4 Å². The number of carboxylic acid groups (broad SMARTS) is 1. The topological polar surface area (TPSA) is 93.2 Å². The molecule has 112 valence electrons. The number of nitrogens with zero attached hydrogens (tertiary/aromatic N) is 3. The van der Waals surface area contributed by atoms with Crippen molar-refractivity contribution >= 4 is 17.9 Å². The first-order chi connectivity index (χ1) is 9.56. The van der Waals surface area contributed by atoms with Crippen molar-refractivity contribution in [1.82, 2.24) is 20.0 Å². The minimum atomic E-state index is -0.803. The Morgan fingerprint density at radius 1 is 1.10 bits per heavy atom. The summed E-state index contributed by atoms with van der Waals surface area (Å²) in [7, 11) is 0. The molecule has 0 saturated carbocycles. The quantitative estimate of drug-likeness (QED) is 0.667. The third-order valence-corrected chi connectivity index (χ3v) is 3.59. The second-order valence-electron chi connectivity index (χ2n) is 5.03. The van der Waals surface area contributed by atoms with E-state index < -0.39 is 5.97 Å². The number of carbonyl (C=O) groups excluding carboxylic acids is 2. The number of aliphatic carboxylic acids is 1. The molecule has 20 heavy (non-hydrogen) atoms. The molecule has 8 heteroatoms. The molecule has 0 aliphatic carbocycles. The summed E-state index contributed by atoms with van der Waals surface area (Å²) in [4.78, 5) is 39.4.